The largest absolute Gasteiger partial charge is 0.303 e. The van der Waals surface area contributed by atoms with Gasteiger partial charge in [-0.25, -0.2) is 0 Å². The van der Waals surface area contributed by atoms with Crippen molar-refractivity contribution in [2.75, 3.05) is 19.6 Å². The van der Waals surface area contributed by atoms with Gasteiger partial charge in [0.05, 0.1) is 0 Å². The van der Waals surface area contributed by atoms with Gasteiger partial charge in [0.25, 0.3) is 0 Å². The Hall–Kier alpha value is -0.0400. The van der Waals surface area contributed by atoms with Crippen molar-refractivity contribution in [2.45, 2.75) is 60.8 Å². The molecule has 0 radical (unpaired) electrons. The number of piperidine rings is 1. The first-order chi connectivity index (χ1) is 7.18. The molecule has 1 unspecified atom stereocenters. The van der Waals surface area contributed by atoms with Crippen molar-refractivity contribution in [3.63, 3.8) is 0 Å². The third kappa shape index (κ3) is 4.86. The first-order valence-corrected chi connectivity index (χ1v) is 6.91. The van der Waals surface area contributed by atoms with Crippen LogP contribution in [0.4, 0.5) is 0 Å². The normalized spacial score (nSPS) is 24.8. The van der Waals surface area contributed by atoms with Crippen LogP contribution in [0.2, 0.25) is 0 Å². The summed E-state index contributed by atoms with van der Waals surface area (Å²) < 4.78 is 0. The quantitative estimate of drug-likeness (QED) is 0.681. The van der Waals surface area contributed by atoms with Crippen molar-refractivity contribution in [2.24, 2.45) is 16.7 Å². The summed E-state index contributed by atoms with van der Waals surface area (Å²) >= 11 is 0. The molecule has 0 aromatic rings. The van der Waals surface area contributed by atoms with E-state index < -0.39 is 0 Å². The molecule has 96 valence electrons. The molecule has 1 heteroatoms. The van der Waals surface area contributed by atoms with Crippen LogP contribution >= 0.6 is 0 Å². The van der Waals surface area contributed by atoms with Crippen LogP contribution in [-0.4, -0.2) is 24.5 Å². The van der Waals surface area contributed by atoms with Crippen LogP contribution in [0, 0.1) is 16.7 Å². The molecular formula is C15H31N. The fraction of sp³-hybridized carbons (Fsp3) is 1.00. The molecule has 0 aromatic carbocycles. The van der Waals surface area contributed by atoms with E-state index in [1.165, 1.54) is 38.9 Å². The molecule has 0 saturated carbocycles. The van der Waals surface area contributed by atoms with Gasteiger partial charge in [-0.2, -0.15) is 0 Å². The Balaban J connectivity index is 2.39. The first kappa shape index (κ1) is 14.0. The topological polar surface area (TPSA) is 3.24 Å². The first-order valence-electron chi connectivity index (χ1n) is 6.91. The summed E-state index contributed by atoms with van der Waals surface area (Å²) in [6.45, 7) is 18.1. The van der Waals surface area contributed by atoms with Crippen LogP contribution in [-0.2, 0) is 0 Å². The van der Waals surface area contributed by atoms with Crippen LogP contribution in [0.25, 0.3) is 0 Å². The van der Waals surface area contributed by atoms with Crippen molar-refractivity contribution in [1.82, 2.24) is 4.90 Å². The third-order valence-corrected chi connectivity index (χ3v) is 3.91. The number of hydrogen-bond acceptors (Lipinski definition) is 1. The van der Waals surface area contributed by atoms with E-state index in [1.54, 1.807) is 0 Å². The monoisotopic (exact) mass is 225 g/mol. The standard InChI is InChI=1S/C15H31N/c1-14(2,3)9-11-16-10-7-8-13(12-16)15(4,5)6/h13H,7-12H2,1-6H3. The van der Waals surface area contributed by atoms with Crippen molar-refractivity contribution >= 4 is 0 Å². The maximum Gasteiger partial charge on any atom is 0.00147 e. The highest BCUT2D eigenvalue weighted by atomic mass is 15.1. The number of rotatable bonds is 2. The molecule has 0 amide bonds. The zero-order valence-corrected chi connectivity index (χ0v) is 12.3. The van der Waals surface area contributed by atoms with Gasteiger partial charge in [-0.05, 0) is 49.1 Å². The van der Waals surface area contributed by atoms with Gasteiger partial charge >= 0.3 is 0 Å². The van der Waals surface area contributed by atoms with Gasteiger partial charge in [0.15, 0.2) is 0 Å². The maximum atomic E-state index is 2.69. The summed E-state index contributed by atoms with van der Waals surface area (Å²) in [5.74, 6) is 0.890. The van der Waals surface area contributed by atoms with Crippen LogP contribution in [0.15, 0.2) is 0 Å². The zero-order chi connectivity index (χ0) is 12.4. The molecule has 1 aliphatic heterocycles. The van der Waals surface area contributed by atoms with Gasteiger partial charge in [0, 0.05) is 6.54 Å². The van der Waals surface area contributed by atoms with E-state index in [0.717, 1.165) is 5.92 Å². The Bertz CT molecular complexity index is 206. The van der Waals surface area contributed by atoms with E-state index in [2.05, 4.69) is 46.4 Å². The molecule has 1 fully saturated rings. The summed E-state index contributed by atoms with van der Waals surface area (Å²) in [6.07, 6.45) is 4.14. The number of hydrogen-bond donors (Lipinski definition) is 0. The second-order valence-corrected chi connectivity index (χ2v) is 7.82. The Morgan fingerprint density at radius 3 is 2.19 bits per heavy atom. The number of likely N-dealkylation sites (tertiary alicyclic amines) is 1. The summed E-state index contributed by atoms with van der Waals surface area (Å²) in [7, 11) is 0. The van der Waals surface area contributed by atoms with Crippen LogP contribution in [0.1, 0.15) is 60.8 Å². The fourth-order valence-corrected chi connectivity index (χ4v) is 2.46. The van der Waals surface area contributed by atoms with E-state index in [0.29, 0.717) is 10.8 Å². The van der Waals surface area contributed by atoms with Gasteiger partial charge < -0.3 is 4.90 Å². The minimum atomic E-state index is 0.481. The Morgan fingerprint density at radius 2 is 1.69 bits per heavy atom. The smallest absolute Gasteiger partial charge is 0.00147 e. The van der Waals surface area contributed by atoms with Crippen LogP contribution in [0.3, 0.4) is 0 Å². The molecule has 1 atom stereocenters. The molecule has 0 spiro atoms. The second-order valence-electron chi connectivity index (χ2n) is 7.82. The molecule has 0 bridgehead atoms. The van der Waals surface area contributed by atoms with E-state index >= 15 is 0 Å². The number of nitrogens with zero attached hydrogens (tertiary/aromatic N) is 1. The molecule has 1 aliphatic rings. The predicted octanol–water partition coefficient (Wildman–Crippen LogP) is 4.18. The Labute approximate surface area is 103 Å². The molecule has 0 aromatic heterocycles. The predicted molar refractivity (Wildman–Crippen MR) is 72.7 cm³/mol. The van der Waals surface area contributed by atoms with E-state index in [4.69, 9.17) is 0 Å². The molecule has 16 heavy (non-hydrogen) atoms. The van der Waals surface area contributed by atoms with Gasteiger partial charge in [-0.15, -0.1) is 0 Å². The average molecular weight is 225 g/mol. The summed E-state index contributed by atoms with van der Waals surface area (Å²) in [5.41, 5.74) is 0.967. The lowest BCUT2D eigenvalue weighted by molar-refractivity contribution is 0.0908. The molecule has 1 rings (SSSR count). The van der Waals surface area contributed by atoms with Crippen LogP contribution in [0.5, 0.6) is 0 Å². The van der Waals surface area contributed by atoms with Crippen LogP contribution < -0.4 is 0 Å². The highest BCUT2D eigenvalue weighted by Gasteiger charge is 2.29. The molecule has 1 heterocycles. The highest BCUT2D eigenvalue weighted by molar-refractivity contribution is 4.82. The zero-order valence-electron chi connectivity index (χ0n) is 12.3. The average Bonchev–Trinajstić information content (AvgIpc) is 2.13. The second kappa shape index (κ2) is 5.08. The molecule has 1 saturated heterocycles. The lowest BCUT2D eigenvalue weighted by Gasteiger charge is -2.40. The molecular weight excluding hydrogens is 194 g/mol. The minimum absolute atomic E-state index is 0.481. The van der Waals surface area contributed by atoms with E-state index in [9.17, 15) is 0 Å². The SMILES string of the molecule is CC(C)(C)CCN1CCCC(C(C)(C)C)C1. The van der Waals surface area contributed by atoms with Crippen molar-refractivity contribution < 1.29 is 0 Å². The summed E-state index contributed by atoms with van der Waals surface area (Å²) in [4.78, 5) is 2.69. The van der Waals surface area contributed by atoms with E-state index in [1.807, 2.05) is 0 Å². The summed E-state index contributed by atoms with van der Waals surface area (Å²) in [6, 6.07) is 0. The van der Waals surface area contributed by atoms with Crippen molar-refractivity contribution in [3.8, 4) is 0 Å². The molecule has 1 nitrogen and oxygen atoms in total. The van der Waals surface area contributed by atoms with Gasteiger partial charge in [-0.1, -0.05) is 41.5 Å². The minimum Gasteiger partial charge on any atom is -0.303 e. The van der Waals surface area contributed by atoms with Crippen molar-refractivity contribution in [1.29, 1.82) is 0 Å². The van der Waals surface area contributed by atoms with Crippen molar-refractivity contribution in [3.05, 3.63) is 0 Å². The Morgan fingerprint density at radius 1 is 1.06 bits per heavy atom. The van der Waals surface area contributed by atoms with Gasteiger partial charge in [-0.3, -0.25) is 0 Å². The fourth-order valence-electron chi connectivity index (χ4n) is 2.46. The summed E-state index contributed by atoms with van der Waals surface area (Å²) in [5, 5.41) is 0. The Kier molecular flexibility index (Phi) is 4.45. The van der Waals surface area contributed by atoms with Gasteiger partial charge in [0.1, 0.15) is 0 Å². The van der Waals surface area contributed by atoms with E-state index in [-0.39, 0.29) is 0 Å². The third-order valence-electron chi connectivity index (χ3n) is 3.91. The lowest BCUT2D eigenvalue weighted by atomic mass is 9.76. The molecule has 0 aliphatic carbocycles. The molecule has 0 N–H and O–H groups in total. The lowest BCUT2D eigenvalue weighted by Crippen LogP contribution is -2.41. The maximum absolute atomic E-state index is 2.69. The highest BCUT2D eigenvalue weighted by Crippen LogP contribution is 2.33. The van der Waals surface area contributed by atoms with Gasteiger partial charge in [0.2, 0.25) is 0 Å².